The van der Waals surface area contributed by atoms with Gasteiger partial charge in [-0.1, -0.05) is 11.3 Å². The van der Waals surface area contributed by atoms with Gasteiger partial charge in [0.15, 0.2) is 0 Å². The molecule has 0 bridgehead atoms. The Balaban J connectivity index is 1.72. The summed E-state index contributed by atoms with van der Waals surface area (Å²) >= 11 is 1.36. The Bertz CT molecular complexity index is 611. The van der Waals surface area contributed by atoms with Crippen molar-refractivity contribution in [3.05, 3.63) is 5.01 Å². The maximum absolute atomic E-state index is 12.6. The summed E-state index contributed by atoms with van der Waals surface area (Å²) in [5.41, 5.74) is 0. The monoisotopic (exact) mass is 305 g/mol. The van der Waals surface area contributed by atoms with Crippen molar-refractivity contribution in [2.75, 3.05) is 17.2 Å². The van der Waals surface area contributed by atoms with E-state index >= 15 is 0 Å². The van der Waals surface area contributed by atoms with Gasteiger partial charge in [0.1, 0.15) is 5.01 Å². The van der Waals surface area contributed by atoms with Gasteiger partial charge in [-0.25, -0.2) is 0 Å². The van der Waals surface area contributed by atoms with Gasteiger partial charge < -0.3 is 0 Å². The van der Waals surface area contributed by atoms with Crippen molar-refractivity contribution >= 4 is 32.6 Å². The van der Waals surface area contributed by atoms with Crippen molar-refractivity contribution in [3.8, 4) is 0 Å². The Morgan fingerprint density at radius 1 is 1.37 bits per heavy atom. The van der Waals surface area contributed by atoms with E-state index in [4.69, 9.17) is 0 Å². The molecule has 1 saturated heterocycles. The molecule has 1 aliphatic carbocycles. The fourth-order valence-corrected chi connectivity index (χ4v) is 4.02. The van der Waals surface area contributed by atoms with Gasteiger partial charge in [-0.2, -0.15) is 8.42 Å². The number of rotatable bonds is 4. The third kappa shape index (κ3) is 2.92. The molecule has 104 valence electrons. The zero-order valence-electron chi connectivity index (χ0n) is 9.95. The van der Waals surface area contributed by atoms with Crippen LogP contribution in [0.5, 0.6) is 0 Å². The second-order valence-electron chi connectivity index (χ2n) is 4.98. The molecule has 1 saturated carbocycles. The summed E-state index contributed by atoms with van der Waals surface area (Å²) in [6, 6.07) is 0. The van der Waals surface area contributed by atoms with Gasteiger partial charge in [-0.3, -0.25) is 9.69 Å². The summed E-state index contributed by atoms with van der Waals surface area (Å²) < 4.78 is 33.9. The average molecular weight is 305 g/mol. The minimum atomic E-state index is -4.55. The molecule has 2 aliphatic rings. The Morgan fingerprint density at radius 2 is 2.11 bits per heavy atom. The molecular weight excluding hydrogens is 293 g/mol. The summed E-state index contributed by atoms with van der Waals surface area (Å²) in [5, 5.41) is 9.42. The van der Waals surface area contributed by atoms with E-state index in [9.17, 15) is 17.1 Å². The lowest BCUT2D eigenvalue weighted by atomic mass is 10.1. The van der Waals surface area contributed by atoms with Crippen LogP contribution in [0.3, 0.4) is 0 Å². The molecule has 1 aromatic rings. The Labute approximate surface area is 113 Å². The minimum Gasteiger partial charge on any atom is -0.286 e. The molecule has 0 spiro atoms. The molecule has 1 amide bonds. The van der Waals surface area contributed by atoms with Gasteiger partial charge in [0.2, 0.25) is 11.0 Å². The number of anilines is 1. The second-order valence-corrected chi connectivity index (χ2v) is 7.38. The van der Waals surface area contributed by atoms with E-state index < -0.39 is 21.9 Å². The number of hydrogen-bond donors (Lipinski definition) is 0. The highest BCUT2D eigenvalue weighted by Gasteiger charge is 2.36. The van der Waals surface area contributed by atoms with Crippen molar-refractivity contribution < 1.29 is 17.1 Å². The van der Waals surface area contributed by atoms with Crippen LogP contribution in [-0.4, -0.2) is 36.8 Å². The normalized spacial score (nSPS) is 24.2. The SMILES string of the molecule is O=C1CC(CS(=O)(=O)F)CN1c1nnc(C2CC2)s1. The smallest absolute Gasteiger partial charge is 0.286 e. The highest BCUT2D eigenvalue weighted by molar-refractivity contribution is 7.86. The molecule has 2 heterocycles. The van der Waals surface area contributed by atoms with E-state index in [0.29, 0.717) is 11.0 Å². The van der Waals surface area contributed by atoms with Crippen LogP contribution in [0.15, 0.2) is 0 Å². The van der Waals surface area contributed by atoms with E-state index in [1.54, 1.807) is 0 Å². The summed E-state index contributed by atoms with van der Waals surface area (Å²) in [6.07, 6.45) is 2.25. The van der Waals surface area contributed by atoms with Crippen LogP contribution in [0.4, 0.5) is 9.02 Å². The molecule has 2 fully saturated rings. The highest BCUT2D eigenvalue weighted by atomic mass is 32.3. The molecule has 1 aliphatic heterocycles. The van der Waals surface area contributed by atoms with Gasteiger partial charge in [-0.15, -0.1) is 14.1 Å². The molecule has 0 radical (unpaired) electrons. The number of halogens is 1. The van der Waals surface area contributed by atoms with Gasteiger partial charge >= 0.3 is 10.2 Å². The van der Waals surface area contributed by atoms with Crippen molar-refractivity contribution in [2.24, 2.45) is 5.92 Å². The van der Waals surface area contributed by atoms with Gasteiger partial charge in [0.05, 0.1) is 5.75 Å². The Hall–Kier alpha value is -1.09. The molecule has 0 aromatic carbocycles. The summed E-state index contributed by atoms with van der Waals surface area (Å²) in [4.78, 5) is 13.2. The predicted octanol–water partition coefficient (Wildman–Crippen LogP) is 1.07. The van der Waals surface area contributed by atoms with E-state index in [1.165, 1.54) is 16.2 Å². The van der Waals surface area contributed by atoms with E-state index in [2.05, 4.69) is 10.2 Å². The fraction of sp³-hybridized carbons (Fsp3) is 0.700. The summed E-state index contributed by atoms with van der Waals surface area (Å²) in [7, 11) is -4.55. The third-order valence-corrected chi connectivity index (χ3v) is 5.21. The van der Waals surface area contributed by atoms with Crippen LogP contribution in [-0.2, 0) is 15.0 Å². The highest BCUT2D eigenvalue weighted by Crippen LogP contribution is 2.43. The standard InChI is InChI=1S/C10H12FN3O3S2/c11-19(16,17)5-6-3-8(15)14(4-6)10-13-12-9(18-10)7-1-2-7/h6-7H,1-5H2. The molecule has 1 aromatic heterocycles. The molecule has 9 heteroatoms. The first kappa shape index (κ1) is 12.9. The molecule has 1 atom stereocenters. The zero-order valence-corrected chi connectivity index (χ0v) is 11.6. The van der Waals surface area contributed by atoms with Crippen molar-refractivity contribution in [2.45, 2.75) is 25.2 Å². The zero-order chi connectivity index (χ0) is 13.6. The van der Waals surface area contributed by atoms with Crippen LogP contribution < -0.4 is 4.90 Å². The molecule has 19 heavy (non-hydrogen) atoms. The first-order chi connectivity index (χ1) is 8.92. The lowest BCUT2D eigenvalue weighted by Gasteiger charge is -2.11. The fourth-order valence-electron chi connectivity index (χ4n) is 2.19. The topological polar surface area (TPSA) is 80.2 Å². The predicted molar refractivity (Wildman–Crippen MR) is 67.2 cm³/mol. The number of nitrogens with zero attached hydrogens (tertiary/aromatic N) is 3. The summed E-state index contributed by atoms with van der Waals surface area (Å²) in [5.74, 6) is -0.863. The second kappa shape index (κ2) is 4.48. The van der Waals surface area contributed by atoms with Crippen molar-refractivity contribution in [1.82, 2.24) is 10.2 Å². The Morgan fingerprint density at radius 3 is 2.74 bits per heavy atom. The maximum Gasteiger partial charge on any atom is 0.302 e. The molecule has 6 nitrogen and oxygen atoms in total. The van der Waals surface area contributed by atoms with E-state index in [-0.39, 0.29) is 18.9 Å². The number of carbonyl (C=O) groups is 1. The summed E-state index contributed by atoms with van der Waals surface area (Å²) in [6.45, 7) is 0.196. The van der Waals surface area contributed by atoms with Crippen molar-refractivity contribution in [1.29, 1.82) is 0 Å². The molecule has 1 unspecified atom stereocenters. The van der Waals surface area contributed by atoms with Crippen LogP contribution >= 0.6 is 11.3 Å². The third-order valence-electron chi connectivity index (χ3n) is 3.23. The van der Waals surface area contributed by atoms with Crippen molar-refractivity contribution in [3.63, 3.8) is 0 Å². The van der Waals surface area contributed by atoms with Gasteiger partial charge in [-0.05, 0) is 12.8 Å². The van der Waals surface area contributed by atoms with Gasteiger partial charge in [0.25, 0.3) is 0 Å². The maximum atomic E-state index is 12.6. The van der Waals surface area contributed by atoms with Crippen LogP contribution in [0.25, 0.3) is 0 Å². The minimum absolute atomic E-state index is 0.0431. The van der Waals surface area contributed by atoms with Crippen LogP contribution in [0.2, 0.25) is 0 Å². The molecule has 3 rings (SSSR count). The molecule has 0 N–H and O–H groups in total. The lowest BCUT2D eigenvalue weighted by molar-refractivity contribution is -0.117. The van der Waals surface area contributed by atoms with E-state index in [0.717, 1.165) is 17.8 Å². The first-order valence-corrected chi connectivity index (χ1v) is 8.35. The quantitative estimate of drug-likeness (QED) is 0.777. The average Bonchev–Trinajstić information content (AvgIpc) is 2.91. The Kier molecular flexibility index (Phi) is 3.05. The first-order valence-electron chi connectivity index (χ1n) is 5.98. The van der Waals surface area contributed by atoms with Crippen LogP contribution in [0, 0.1) is 5.92 Å². The number of amides is 1. The largest absolute Gasteiger partial charge is 0.302 e. The molecular formula is C10H12FN3O3S2. The van der Waals surface area contributed by atoms with Gasteiger partial charge in [0, 0.05) is 24.8 Å². The number of carbonyl (C=O) groups excluding carboxylic acids is 1. The van der Waals surface area contributed by atoms with Crippen LogP contribution in [0.1, 0.15) is 30.2 Å². The number of aromatic nitrogens is 2. The van der Waals surface area contributed by atoms with E-state index in [1.807, 2.05) is 0 Å². The lowest BCUT2D eigenvalue weighted by Crippen LogP contribution is -2.25. The number of hydrogen-bond acceptors (Lipinski definition) is 6.